The number of hydrogen-bond acceptors (Lipinski definition) is 4. The molecular weight excluding hydrogens is 302 g/mol. The van der Waals surface area contributed by atoms with Crippen molar-refractivity contribution < 1.29 is 14.6 Å². The van der Waals surface area contributed by atoms with Gasteiger partial charge >= 0.3 is 0 Å². The van der Waals surface area contributed by atoms with Gasteiger partial charge in [0.2, 0.25) is 0 Å². The molecule has 0 aromatic heterocycles. The molecule has 1 aliphatic heterocycles. The van der Waals surface area contributed by atoms with Gasteiger partial charge in [0.15, 0.2) is 0 Å². The minimum Gasteiger partial charge on any atom is -0.491 e. The highest BCUT2D eigenvalue weighted by atomic mass is 16.5. The molecule has 134 valence electrons. The highest BCUT2D eigenvalue weighted by Crippen LogP contribution is 2.51. The van der Waals surface area contributed by atoms with Crippen molar-refractivity contribution in [2.45, 2.75) is 64.9 Å². The first-order valence-corrected chi connectivity index (χ1v) is 9.19. The number of nitrogens with one attached hydrogen (secondary N) is 1. The molecule has 1 aliphatic carbocycles. The summed E-state index contributed by atoms with van der Waals surface area (Å²) in [5.74, 6) is 1.43. The van der Waals surface area contributed by atoms with Crippen molar-refractivity contribution in [3.63, 3.8) is 0 Å². The zero-order valence-electron chi connectivity index (χ0n) is 15.3. The molecule has 4 unspecified atom stereocenters. The first-order chi connectivity index (χ1) is 11.4. The molecule has 2 aliphatic rings. The molecule has 1 aromatic carbocycles. The molecule has 0 amide bonds. The molecule has 2 fully saturated rings. The van der Waals surface area contributed by atoms with E-state index < -0.39 is 6.10 Å². The topological polar surface area (TPSA) is 50.7 Å². The van der Waals surface area contributed by atoms with Crippen LogP contribution in [0.25, 0.3) is 0 Å². The SMILES string of the molecule is CC(C)Oc1ccc(C(O)CNC2C3CCCOC3C2(C)C)cc1. The van der Waals surface area contributed by atoms with Crippen LogP contribution in [0.2, 0.25) is 0 Å². The summed E-state index contributed by atoms with van der Waals surface area (Å²) in [4.78, 5) is 0. The Kier molecular flexibility index (Phi) is 5.19. The van der Waals surface area contributed by atoms with Gasteiger partial charge in [-0.25, -0.2) is 0 Å². The summed E-state index contributed by atoms with van der Waals surface area (Å²) in [5.41, 5.74) is 1.06. The van der Waals surface area contributed by atoms with Gasteiger partial charge in [0.05, 0.1) is 18.3 Å². The summed E-state index contributed by atoms with van der Waals surface area (Å²) in [6.07, 6.45) is 2.40. The lowest BCUT2D eigenvalue weighted by atomic mass is 9.55. The molecule has 1 aromatic rings. The lowest BCUT2D eigenvalue weighted by Gasteiger charge is -2.60. The minimum absolute atomic E-state index is 0.139. The number of ether oxygens (including phenoxy) is 2. The van der Waals surface area contributed by atoms with E-state index in [4.69, 9.17) is 9.47 Å². The van der Waals surface area contributed by atoms with Crippen LogP contribution in [0.4, 0.5) is 0 Å². The van der Waals surface area contributed by atoms with Crippen molar-refractivity contribution >= 4 is 0 Å². The van der Waals surface area contributed by atoms with E-state index in [0.29, 0.717) is 24.6 Å². The first kappa shape index (κ1) is 17.7. The van der Waals surface area contributed by atoms with E-state index >= 15 is 0 Å². The van der Waals surface area contributed by atoms with Crippen LogP contribution >= 0.6 is 0 Å². The molecule has 1 saturated heterocycles. The summed E-state index contributed by atoms with van der Waals surface area (Å²) in [6, 6.07) is 8.17. The minimum atomic E-state index is -0.502. The maximum Gasteiger partial charge on any atom is 0.119 e. The third-order valence-corrected chi connectivity index (χ3v) is 5.50. The molecule has 4 nitrogen and oxygen atoms in total. The van der Waals surface area contributed by atoms with Gasteiger partial charge in [-0.2, -0.15) is 0 Å². The van der Waals surface area contributed by atoms with Crippen LogP contribution in [-0.2, 0) is 4.74 Å². The average molecular weight is 333 g/mol. The van der Waals surface area contributed by atoms with Crippen LogP contribution in [0, 0.1) is 11.3 Å². The van der Waals surface area contributed by atoms with Crippen molar-refractivity contribution in [1.29, 1.82) is 0 Å². The van der Waals surface area contributed by atoms with Crippen molar-refractivity contribution in [3.8, 4) is 5.75 Å². The van der Waals surface area contributed by atoms with Crippen LogP contribution in [0.5, 0.6) is 5.75 Å². The van der Waals surface area contributed by atoms with Gasteiger partial charge in [0.1, 0.15) is 5.75 Å². The predicted molar refractivity (Wildman–Crippen MR) is 95.2 cm³/mol. The van der Waals surface area contributed by atoms with E-state index in [1.807, 2.05) is 38.1 Å². The fourth-order valence-electron chi connectivity index (χ4n) is 4.33. The third-order valence-electron chi connectivity index (χ3n) is 5.50. The van der Waals surface area contributed by atoms with Crippen LogP contribution in [-0.4, -0.2) is 36.5 Å². The van der Waals surface area contributed by atoms with E-state index in [-0.39, 0.29) is 11.5 Å². The molecule has 0 bridgehead atoms. The Bertz CT molecular complexity index is 540. The average Bonchev–Trinajstić information content (AvgIpc) is 2.55. The van der Waals surface area contributed by atoms with Crippen LogP contribution < -0.4 is 10.1 Å². The number of aliphatic hydroxyl groups is 1. The van der Waals surface area contributed by atoms with Gasteiger partial charge in [0.25, 0.3) is 0 Å². The fourth-order valence-corrected chi connectivity index (χ4v) is 4.33. The smallest absolute Gasteiger partial charge is 0.119 e. The summed E-state index contributed by atoms with van der Waals surface area (Å²) >= 11 is 0. The molecule has 2 N–H and O–H groups in total. The lowest BCUT2D eigenvalue weighted by Crippen LogP contribution is -2.69. The molecule has 24 heavy (non-hydrogen) atoms. The molecule has 1 heterocycles. The standard InChI is InChI=1S/C20H31NO3/c1-13(2)24-15-9-7-14(8-10-15)17(22)12-21-18-16-6-5-11-23-19(16)20(18,3)4/h7-10,13,16-19,21-22H,5-6,11-12H2,1-4H3. The molecule has 0 radical (unpaired) electrons. The Morgan fingerprint density at radius 3 is 2.67 bits per heavy atom. The van der Waals surface area contributed by atoms with E-state index in [1.165, 1.54) is 6.42 Å². The maximum absolute atomic E-state index is 10.5. The van der Waals surface area contributed by atoms with E-state index in [2.05, 4.69) is 19.2 Å². The molecule has 4 atom stereocenters. The summed E-state index contributed by atoms with van der Waals surface area (Å²) in [7, 11) is 0. The zero-order valence-corrected chi connectivity index (χ0v) is 15.3. The van der Waals surface area contributed by atoms with Gasteiger partial charge in [-0.1, -0.05) is 26.0 Å². The fraction of sp³-hybridized carbons (Fsp3) is 0.700. The first-order valence-electron chi connectivity index (χ1n) is 9.19. The molecule has 4 heteroatoms. The largest absolute Gasteiger partial charge is 0.491 e. The summed E-state index contributed by atoms with van der Waals surface area (Å²) < 4.78 is 11.6. The third kappa shape index (κ3) is 3.46. The molecule has 3 rings (SSSR count). The normalized spacial score (nSPS) is 29.7. The van der Waals surface area contributed by atoms with Crippen molar-refractivity contribution in [2.75, 3.05) is 13.2 Å². The number of aliphatic hydroxyl groups excluding tert-OH is 1. The van der Waals surface area contributed by atoms with Crippen LogP contribution in [0.3, 0.4) is 0 Å². The Morgan fingerprint density at radius 2 is 2.00 bits per heavy atom. The van der Waals surface area contributed by atoms with E-state index in [9.17, 15) is 5.11 Å². The van der Waals surface area contributed by atoms with Gasteiger partial charge in [-0.15, -0.1) is 0 Å². The molecule has 1 saturated carbocycles. The van der Waals surface area contributed by atoms with Gasteiger partial charge < -0.3 is 19.9 Å². The van der Waals surface area contributed by atoms with Crippen LogP contribution in [0.15, 0.2) is 24.3 Å². The van der Waals surface area contributed by atoms with E-state index in [1.54, 1.807) is 0 Å². The Labute approximate surface area is 145 Å². The maximum atomic E-state index is 10.5. The number of hydrogen-bond donors (Lipinski definition) is 2. The number of rotatable bonds is 6. The monoisotopic (exact) mass is 333 g/mol. The Hall–Kier alpha value is -1.10. The number of fused-ring (bicyclic) bond motifs is 1. The van der Waals surface area contributed by atoms with Crippen molar-refractivity contribution in [2.24, 2.45) is 11.3 Å². The highest BCUT2D eigenvalue weighted by Gasteiger charge is 2.57. The van der Waals surface area contributed by atoms with Crippen LogP contribution in [0.1, 0.15) is 52.2 Å². The highest BCUT2D eigenvalue weighted by molar-refractivity contribution is 5.29. The Morgan fingerprint density at radius 1 is 1.29 bits per heavy atom. The van der Waals surface area contributed by atoms with Crippen molar-refractivity contribution in [3.05, 3.63) is 29.8 Å². The van der Waals surface area contributed by atoms with E-state index in [0.717, 1.165) is 24.3 Å². The zero-order chi connectivity index (χ0) is 17.3. The molecule has 0 spiro atoms. The van der Waals surface area contributed by atoms with Gasteiger partial charge in [0, 0.05) is 30.5 Å². The molecular formula is C20H31NO3. The number of benzene rings is 1. The summed E-state index contributed by atoms with van der Waals surface area (Å²) in [6.45, 7) is 10.0. The summed E-state index contributed by atoms with van der Waals surface area (Å²) in [5, 5.41) is 14.1. The second kappa shape index (κ2) is 7.03. The van der Waals surface area contributed by atoms with Crippen molar-refractivity contribution in [1.82, 2.24) is 5.32 Å². The van der Waals surface area contributed by atoms with Gasteiger partial charge in [-0.05, 0) is 44.4 Å². The van der Waals surface area contributed by atoms with Gasteiger partial charge in [-0.3, -0.25) is 0 Å². The quantitative estimate of drug-likeness (QED) is 0.839. The Balaban J connectivity index is 1.54. The second-order valence-corrected chi connectivity index (χ2v) is 8.06. The lowest BCUT2D eigenvalue weighted by molar-refractivity contribution is -0.193. The second-order valence-electron chi connectivity index (χ2n) is 8.06. The predicted octanol–water partition coefficient (Wildman–Crippen LogP) is 3.30.